The van der Waals surface area contributed by atoms with Crippen molar-refractivity contribution in [1.82, 2.24) is 15.1 Å². The van der Waals surface area contributed by atoms with Gasteiger partial charge in [0.25, 0.3) is 0 Å². The van der Waals surface area contributed by atoms with Crippen LogP contribution in [0.5, 0.6) is 0 Å². The van der Waals surface area contributed by atoms with Crippen molar-refractivity contribution in [2.75, 3.05) is 26.2 Å². The fourth-order valence-electron chi connectivity index (χ4n) is 2.37. The molecular formula is C14H25N3O4. The van der Waals surface area contributed by atoms with Crippen LogP contribution in [0.1, 0.15) is 34.1 Å². The lowest BCUT2D eigenvalue weighted by Gasteiger charge is -2.39. The Kier molecular flexibility index (Phi) is 5.71. The van der Waals surface area contributed by atoms with Gasteiger partial charge in [-0.25, -0.2) is 4.79 Å². The number of imide groups is 1. The minimum absolute atomic E-state index is 0.224. The molecule has 7 nitrogen and oxygen atoms in total. The fraction of sp³-hybridized carbons (Fsp3) is 0.786. The van der Waals surface area contributed by atoms with E-state index in [0.717, 1.165) is 13.1 Å². The van der Waals surface area contributed by atoms with E-state index < -0.39 is 23.3 Å². The second-order valence-electron chi connectivity index (χ2n) is 6.14. The highest BCUT2D eigenvalue weighted by atomic mass is 16.4. The first-order chi connectivity index (χ1) is 9.67. The number of nitrogens with one attached hydrogen (secondary N) is 1. The third kappa shape index (κ3) is 4.70. The highest BCUT2D eigenvalue weighted by Crippen LogP contribution is 2.20. The molecule has 0 spiro atoms. The highest BCUT2D eigenvalue weighted by Gasteiger charge is 2.32. The zero-order valence-electron chi connectivity index (χ0n) is 13.2. The molecule has 3 amide bonds. The highest BCUT2D eigenvalue weighted by molar-refractivity contribution is 5.96. The van der Waals surface area contributed by atoms with Crippen molar-refractivity contribution in [3.8, 4) is 0 Å². The maximum absolute atomic E-state index is 12.0. The summed E-state index contributed by atoms with van der Waals surface area (Å²) in [6.45, 7) is 9.88. The summed E-state index contributed by atoms with van der Waals surface area (Å²) in [5.41, 5.74) is -1.18. The summed E-state index contributed by atoms with van der Waals surface area (Å²) in [5, 5.41) is 11.3. The Bertz CT molecular complexity index is 422. The first kappa shape index (κ1) is 17.4. The Morgan fingerprint density at radius 1 is 1.29 bits per heavy atom. The normalized spacial score (nSPS) is 20.2. The lowest BCUT2D eigenvalue weighted by atomic mass is 9.89. The number of hydrogen-bond donors (Lipinski definition) is 2. The second kappa shape index (κ2) is 6.89. The van der Waals surface area contributed by atoms with Crippen LogP contribution in [0.2, 0.25) is 0 Å². The standard InChI is InChI=1S/C14H25N3O4/c1-5-16-6-7-17(9-10(16)2)13(21)15-11(18)8-14(3,4)12(19)20/h10H,5-9H2,1-4H3,(H,19,20)(H,15,18,21). The molecule has 0 saturated carbocycles. The Labute approximate surface area is 125 Å². The summed E-state index contributed by atoms with van der Waals surface area (Å²) in [5.74, 6) is -1.62. The summed E-state index contributed by atoms with van der Waals surface area (Å²) < 4.78 is 0. The molecule has 1 atom stereocenters. The van der Waals surface area contributed by atoms with Gasteiger partial charge < -0.3 is 10.0 Å². The number of aliphatic carboxylic acids is 1. The predicted octanol–water partition coefficient (Wildman–Crippen LogP) is 0.750. The van der Waals surface area contributed by atoms with Gasteiger partial charge in [-0.2, -0.15) is 0 Å². The smallest absolute Gasteiger partial charge is 0.324 e. The van der Waals surface area contributed by atoms with Gasteiger partial charge in [0.05, 0.1) is 5.41 Å². The topological polar surface area (TPSA) is 90.0 Å². The molecule has 1 rings (SSSR count). The van der Waals surface area contributed by atoms with Crippen LogP contribution in [0.4, 0.5) is 4.79 Å². The number of urea groups is 1. The average Bonchev–Trinajstić information content (AvgIpc) is 2.37. The van der Waals surface area contributed by atoms with Crippen molar-refractivity contribution in [3.05, 3.63) is 0 Å². The fourth-order valence-corrected chi connectivity index (χ4v) is 2.37. The first-order valence-corrected chi connectivity index (χ1v) is 7.23. The van der Waals surface area contributed by atoms with Gasteiger partial charge in [-0.3, -0.25) is 19.8 Å². The molecular weight excluding hydrogens is 274 g/mol. The molecule has 1 saturated heterocycles. The monoisotopic (exact) mass is 299 g/mol. The SMILES string of the molecule is CCN1CCN(C(=O)NC(=O)CC(C)(C)C(=O)O)CC1C. The summed E-state index contributed by atoms with van der Waals surface area (Å²) in [6.07, 6.45) is -0.224. The van der Waals surface area contributed by atoms with Crippen molar-refractivity contribution in [1.29, 1.82) is 0 Å². The average molecular weight is 299 g/mol. The van der Waals surface area contributed by atoms with Gasteiger partial charge in [-0.05, 0) is 27.3 Å². The van der Waals surface area contributed by atoms with Gasteiger partial charge >= 0.3 is 12.0 Å². The van der Waals surface area contributed by atoms with E-state index in [2.05, 4.69) is 17.1 Å². The Hall–Kier alpha value is -1.63. The molecule has 0 aromatic heterocycles. The van der Waals surface area contributed by atoms with Crippen molar-refractivity contribution in [2.24, 2.45) is 5.41 Å². The van der Waals surface area contributed by atoms with E-state index in [-0.39, 0.29) is 12.5 Å². The van der Waals surface area contributed by atoms with E-state index in [1.54, 1.807) is 4.90 Å². The van der Waals surface area contributed by atoms with E-state index >= 15 is 0 Å². The minimum Gasteiger partial charge on any atom is -0.481 e. The van der Waals surface area contributed by atoms with Gasteiger partial charge in [-0.15, -0.1) is 0 Å². The third-order valence-corrected chi connectivity index (χ3v) is 3.89. The molecule has 0 aromatic carbocycles. The van der Waals surface area contributed by atoms with Crippen molar-refractivity contribution in [3.63, 3.8) is 0 Å². The third-order valence-electron chi connectivity index (χ3n) is 3.89. The van der Waals surface area contributed by atoms with E-state index in [1.165, 1.54) is 13.8 Å². The molecule has 0 aromatic rings. The van der Waals surface area contributed by atoms with E-state index in [9.17, 15) is 14.4 Å². The number of carbonyl (C=O) groups excluding carboxylic acids is 2. The Balaban J connectivity index is 2.51. The van der Waals surface area contributed by atoms with Crippen LogP contribution < -0.4 is 5.32 Å². The number of piperazine rings is 1. The lowest BCUT2D eigenvalue weighted by molar-refractivity contribution is -0.149. The predicted molar refractivity (Wildman–Crippen MR) is 77.9 cm³/mol. The van der Waals surface area contributed by atoms with E-state index in [0.29, 0.717) is 13.1 Å². The van der Waals surface area contributed by atoms with Crippen LogP contribution in [-0.2, 0) is 9.59 Å². The molecule has 0 bridgehead atoms. The van der Waals surface area contributed by atoms with E-state index in [4.69, 9.17) is 5.11 Å². The molecule has 1 fully saturated rings. The van der Waals surface area contributed by atoms with Gasteiger partial charge in [0.2, 0.25) is 5.91 Å². The Morgan fingerprint density at radius 2 is 1.90 bits per heavy atom. The van der Waals surface area contributed by atoms with Gasteiger partial charge in [0, 0.05) is 32.1 Å². The van der Waals surface area contributed by atoms with Gasteiger partial charge in [-0.1, -0.05) is 6.92 Å². The molecule has 7 heteroatoms. The van der Waals surface area contributed by atoms with Crippen LogP contribution in [0, 0.1) is 5.41 Å². The number of carboxylic acids is 1. The van der Waals surface area contributed by atoms with Crippen LogP contribution in [-0.4, -0.2) is 65.0 Å². The number of nitrogens with zero attached hydrogens (tertiary/aromatic N) is 2. The minimum atomic E-state index is -1.18. The second-order valence-corrected chi connectivity index (χ2v) is 6.14. The molecule has 1 aliphatic heterocycles. The number of hydrogen-bond acceptors (Lipinski definition) is 4. The number of rotatable bonds is 4. The van der Waals surface area contributed by atoms with Gasteiger partial charge in [0.1, 0.15) is 0 Å². The maximum atomic E-state index is 12.0. The Morgan fingerprint density at radius 3 is 2.38 bits per heavy atom. The summed E-state index contributed by atoms with van der Waals surface area (Å²) >= 11 is 0. The molecule has 2 N–H and O–H groups in total. The summed E-state index contributed by atoms with van der Waals surface area (Å²) in [7, 11) is 0. The van der Waals surface area contributed by atoms with Crippen LogP contribution >= 0.6 is 0 Å². The van der Waals surface area contributed by atoms with Crippen molar-refractivity contribution in [2.45, 2.75) is 40.2 Å². The number of likely N-dealkylation sites (N-methyl/N-ethyl adjacent to an activating group) is 1. The molecule has 120 valence electrons. The lowest BCUT2D eigenvalue weighted by Crippen LogP contribution is -2.56. The molecule has 1 heterocycles. The molecule has 1 aliphatic rings. The molecule has 21 heavy (non-hydrogen) atoms. The van der Waals surface area contributed by atoms with Crippen molar-refractivity contribution < 1.29 is 19.5 Å². The largest absolute Gasteiger partial charge is 0.481 e. The van der Waals surface area contributed by atoms with Crippen LogP contribution in [0.25, 0.3) is 0 Å². The first-order valence-electron chi connectivity index (χ1n) is 7.23. The summed E-state index contributed by atoms with van der Waals surface area (Å²) in [4.78, 5) is 38.7. The molecule has 0 aliphatic carbocycles. The number of amides is 3. The number of carboxylic acid groups (broad SMARTS) is 1. The molecule has 1 unspecified atom stereocenters. The number of carbonyl (C=O) groups is 3. The quantitative estimate of drug-likeness (QED) is 0.799. The zero-order valence-corrected chi connectivity index (χ0v) is 13.2. The van der Waals surface area contributed by atoms with E-state index in [1.807, 2.05) is 6.92 Å². The van der Waals surface area contributed by atoms with Crippen molar-refractivity contribution >= 4 is 17.9 Å². The van der Waals surface area contributed by atoms with Crippen LogP contribution in [0.3, 0.4) is 0 Å². The van der Waals surface area contributed by atoms with Gasteiger partial charge in [0.15, 0.2) is 0 Å². The summed E-state index contributed by atoms with van der Waals surface area (Å²) in [6, 6.07) is -0.191. The molecule has 0 radical (unpaired) electrons. The maximum Gasteiger partial charge on any atom is 0.324 e. The zero-order chi connectivity index (χ0) is 16.2. The van der Waals surface area contributed by atoms with Crippen LogP contribution in [0.15, 0.2) is 0 Å².